The second-order valence-corrected chi connectivity index (χ2v) is 8.44. The molecule has 1 aromatic rings. The van der Waals surface area contributed by atoms with Crippen molar-refractivity contribution in [3.8, 4) is 23.2 Å². The van der Waals surface area contributed by atoms with Crippen LogP contribution in [0.4, 0.5) is 8.39 Å². The van der Waals surface area contributed by atoms with Gasteiger partial charge in [-0.2, -0.15) is 0 Å². The number of unbranched alkanes of at least 4 members (excludes halogenated alkanes) is 1. The fourth-order valence-corrected chi connectivity index (χ4v) is 1.57. The number of nitriles is 4. The molecule has 6 nitrogen and oxygen atoms in total. The van der Waals surface area contributed by atoms with Gasteiger partial charge in [-0.15, -0.1) is 0 Å². The number of hydrogen-bond acceptors (Lipinski definition) is 4. The standard InChI is InChI=1S/C9H17N2.C4F2N4P/c1-4-5-6-11-8-7-10(3)9(11)2;5-11(6,1-7,2-8,3-9)4-10/h7-8H,4-6H2,1-3H3;/q+1;-1. The van der Waals surface area contributed by atoms with Crippen molar-refractivity contribution in [3.05, 3.63) is 18.2 Å². The van der Waals surface area contributed by atoms with Crippen molar-refractivity contribution in [1.82, 2.24) is 4.57 Å². The Morgan fingerprint density at radius 1 is 1.14 bits per heavy atom. The molecule has 0 spiro atoms. The van der Waals surface area contributed by atoms with Gasteiger partial charge in [0.25, 0.3) is 5.82 Å². The summed E-state index contributed by atoms with van der Waals surface area (Å²) in [4.78, 5) is 0. The van der Waals surface area contributed by atoms with Crippen LogP contribution in [-0.4, -0.2) is 4.57 Å². The molecule has 0 amide bonds. The zero-order chi connectivity index (χ0) is 17.5. The first-order chi connectivity index (χ1) is 10.1. The van der Waals surface area contributed by atoms with Gasteiger partial charge < -0.3 is 0 Å². The van der Waals surface area contributed by atoms with Crippen molar-refractivity contribution in [1.29, 1.82) is 21.0 Å². The summed E-state index contributed by atoms with van der Waals surface area (Å²) in [5.41, 5.74) is 0. The van der Waals surface area contributed by atoms with Crippen LogP contribution in [-0.2, 0) is 13.6 Å². The van der Waals surface area contributed by atoms with Crippen LogP contribution in [0, 0.1) is 51.2 Å². The minimum absolute atomic E-state index is 0.237. The number of halogens is 2. The summed E-state index contributed by atoms with van der Waals surface area (Å²) in [6.07, 6.45) is 6.78. The Balaban J connectivity index is 0.000000401. The molecule has 0 saturated heterocycles. The molecule has 0 saturated carbocycles. The number of rotatable bonds is 3. The third-order valence-electron chi connectivity index (χ3n) is 3.05. The number of aromatic nitrogens is 2. The van der Waals surface area contributed by atoms with Crippen molar-refractivity contribution >= 4 is 6.57 Å². The average Bonchev–Trinajstić information content (AvgIpc) is 2.86. The second-order valence-electron chi connectivity index (χ2n) is 4.81. The van der Waals surface area contributed by atoms with Gasteiger partial charge in [0.05, 0.1) is 13.6 Å². The van der Waals surface area contributed by atoms with E-state index in [9.17, 15) is 8.39 Å². The van der Waals surface area contributed by atoms with E-state index in [1.807, 2.05) is 0 Å². The monoisotopic (exact) mass is 326 g/mol. The van der Waals surface area contributed by atoms with Crippen LogP contribution in [0.25, 0.3) is 0 Å². The summed E-state index contributed by atoms with van der Waals surface area (Å²) < 4.78 is 30.1. The molecule has 0 atom stereocenters. The van der Waals surface area contributed by atoms with Gasteiger partial charge in [0.2, 0.25) is 0 Å². The van der Waals surface area contributed by atoms with Crippen molar-refractivity contribution in [2.24, 2.45) is 7.05 Å². The van der Waals surface area contributed by atoms with E-state index < -0.39 is 6.57 Å². The summed E-state index contributed by atoms with van der Waals surface area (Å²) in [5.74, 6) is 2.28. The van der Waals surface area contributed by atoms with Gasteiger partial charge in [-0.25, -0.2) is 9.13 Å². The van der Waals surface area contributed by atoms with Crippen LogP contribution >= 0.6 is 6.57 Å². The van der Waals surface area contributed by atoms with E-state index >= 15 is 0 Å². The summed E-state index contributed by atoms with van der Waals surface area (Å²) in [6.45, 7) is -2.06. The predicted molar refractivity (Wildman–Crippen MR) is 76.8 cm³/mol. The first-order valence-electron chi connectivity index (χ1n) is 6.39. The Morgan fingerprint density at radius 2 is 1.59 bits per heavy atom. The molecule has 0 radical (unpaired) electrons. The van der Waals surface area contributed by atoms with E-state index in [-0.39, 0.29) is 23.2 Å². The van der Waals surface area contributed by atoms with Crippen molar-refractivity contribution < 1.29 is 13.0 Å². The van der Waals surface area contributed by atoms with E-state index in [0.29, 0.717) is 0 Å². The van der Waals surface area contributed by atoms with Gasteiger partial charge in [-0.3, -0.25) is 0 Å². The van der Waals surface area contributed by atoms with Crippen LogP contribution in [0.3, 0.4) is 0 Å². The van der Waals surface area contributed by atoms with Crippen molar-refractivity contribution in [3.63, 3.8) is 0 Å². The molecule has 0 fully saturated rings. The van der Waals surface area contributed by atoms with E-state index in [2.05, 4.69) is 42.4 Å². The van der Waals surface area contributed by atoms with Gasteiger partial charge in [0.1, 0.15) is 12.4 Å². The number of aryl methyl sites for hydroxylation is 2. The Hall–Kier alpha value is -2.54. The number of hydrogen-bond donors (Lipinski definition) is 0. The molecule has 0 aliphatic carbocycles. The Labute approximate surface area is 127 Å². The predicted octanol–water partition coefficient (Wildman–Crippen LogP) is 3.19. The quantitative estimate of drug-likeness (QED) is 0.628. The second kappa shape index (κ2) is 6.07. The van der Waals surface area contributed by atoms with E-state index in [4.69, 9.17) is 21.0 Å². The molecule has 0 bridgehead atoms. The summed E-state index contributed by atoms with van der Waals surface area (Å²) >= 11 is 0. The number of nitrogens with zero attached hydrogens (tertiary/aromatic N) is 6. The van der Waals surface area contributed by atoms with Crippen LogP contribution < -0.4 is 4.57 Å². The van der Waals surface area contributed by atoms with Crippen molar-refractivity contribution in [2.45, 2.75) is 33.2 Å². The maximum absolute atomic E-state index is 12.8. The van der Waals surface area contributed by atoms with Gasteiger partial charge in [0.15, 0.2) is 0 Å². The minimum atomic E-state index is -7.59. The van der Waals surface area contributed by atoms with Gasteiger partial charge in [-0.05, 0) is 6.42 Å². The number of imidazole rings is 1. The molecular weight excluding hydrogens is 309 g/mol. The normalized spacial score (nSPS) is 13.0. The Kier molecular flexibility index (Phi) is 5.37. The van der Waals surface area contributed by atoms with Crippen LogP contribution in [0.5, 0.6) is 0 Å². The van der Waals surface area contributed by atoms with Crippen LogP contribution in [0.15, 0.2) is 12.4 Å². The summed E-state index contributed by atoms with van der Waals surface area (Å²) in [6, 6.07) is 0. The van der Waals surface area contributed by atoms with Gasteiger partial charge in [-0.1, -0.05) is 13.3 Å². The van der Waals surface area contributed by atoms with E-state index in [1.165, 1.54) is 18.7 Å². The fourth-order valence-electron chi connectivity index (χ4n) is 1.30. The molecule has 0 aliphatic heterocycles. The topological polar surface area (TPSA) is 104 Å². The molecule has 22 heavy (non-hydrogen) atoms. The maximum atomic E-state index is 12.8. The SMILES string of the molecule is CCCCn1cc[n+](C)c1C.N#C[P-](F)(F)(C#N)(C#N)C#N. The zero-order valence-electron chi connectivity index (χ0n) is 12.7. The zero-order valence-corrected chi connectivity index (χ0v) is 13.6. The first kappa shape index (κ1) is 19.5. The Bertz CT molecular complexity index is 661. The third-order valence-corrected chi connectivity index (χ3v) is 4.86. The van der Waals surface area contributed by atoms with Crippen molar-refractivity contribution in [2.75, 3.05) is 0 Å². The van der Waals surface area contributed by atoms with Gasteiger partial charge in [0, 0.05) is 6.92 Å². The van der Waals surface area contributed by atoms with Crippen LogP contribution in [0.1, 0.15) is 25.6 Å². The van der Waals surface area contributed by atoms with Crippen LogP contribution in [0.2, 0.25) is 0 Å². The molecule has 118 valence electrons. The first-order valence-corrected chi connectivity index (χ1v) is 8.86. The Morgan fingerprint density at radius 3 is 1.82 bits per heavy atom. The molecule has 9 heteroatoms. The summed E-state index contributed by atoms with van der Waals surface area (Å²) in [7, 11) is 2.08. The molecular formula is C13H17F2N6P. The van der Waals surface area contributed by atoms with E-state index in [0.717, 1.165) is 6.54 Å². The molecule has 0 aromatic carbocycles. The summed E-state index contributed by atoms with van der Waals surface area (Å²) in [5, 5.41) is 31.6. The fraction of sp³-hybridized carbons (Fsp3) is 0.462. The van der Waals surface area contributed by atoms with Gasteiger partial charge >= 0.3 is 59.2 Å². The average molecular weight is 326 g/mol. The molecule has 1 rings (SSSR count). The van der Waals surface area contributed by atoms with E-state index in [1.54, 1.807) is 0 Å². The molecule has 0 N–H and O–H groups in total. The third kappa shape index (κ3) is 3.98. The molecule has 1 aromatic heterocycles. The molecule has 0 aliphatic rings. The molecule has 0 unspecified atom stereocenters. The molecule has 1 heterocycles.